The Labute approximate surface area is 197 Å². The van der Waals surface area contributed by atoms with Crippen molar-refractivity contribution < 1.29 is 8.78 Å². The second-order valence-electron chi connectivity index (χ2n) is 8.60. The van der Waals surface area contributed by atoms with Crippen LogP contribution in [0.25, 0.3) is 39.4 Å². The molecule has 8 nitrogen and oxygen atoms in total. The van der Waals surface area contributed by atoms with E-state index in [0.717, 1.165) is 23.5 Å². The Hall–Kier alpha value is -4.47. The van der Waals surface area contributed by atoms with E-state index in [1.807, 2.05) is 41.4 Å². The average molecular weight is 468 g/mol. The highest BCUT2D eigenvalue weighted by atomic mass is 19.1. The molecule has 4 aromatic heterocycles. The van der Waals surface area contributed by atoms with Crippen LogP contribution in [-0.4, -0.2) is 41.1 Å². The van der Waals surface area contributed by atoms with Gasteiger partial charge in [0.2, 0.25) is 0 Å². The number of anilines is 1. The maximum atomic E-state index is 14.6. The molecule has 0 saturated carbocycles. The van der Waals surface area contributed by atoms with Gasteiger partial charge in [-0.3, -0.25) is 0 Å². The number of aromatic nitrogens is 7. The lowest BCUT2D eigenvalue weighted by Gasteiger charge is -2.26. The lowest BCUT2D eigenvalue weighted by molar-refractivity contribution is 0.560. The maximum absolute atomic E-state index is 14.6. The number of H-pyrrole nitrogens is 1. The Morgan fingerprint density at radius 1 is 0.943 bits per heavy atom. The van der Waals surface area contributed by atoms with Gasteiger partial charge >= 0.3 is 0 Å². The zero-order valence-electron chi connectivity index (χ0n) is 18.4. The van der Waals surface area contributed by atoms with Gasteiger partial charge in [-0.1, -0.05) is 12.1 Å². The summed E-state index contributed by atoms with van der Waals surface area (Å²) >= 11 is 0. The molecule has 35 heavy (non-hydrogen) atoms. The van der Waals surface area contributed by atoms with E-state index in [2.05, 4.69) is 25.0 Å². The van der Waals surface area contributed by atoms with Crippen LogP contribution in [0.1, 0.15) is 24.4 Å². The van der Waals surface area contributed by atoms with Crippen LogP contribution in [0.4, 0.5) is 14.6 Å². The molecule has 0 bridgehead atoms. The summed E-state index contributed by atoms with van der Waals surface area (Å²) < 4.78 is 30.1. The van der Waals surface area contributed by atoms with E-state index in [9.17, 15) is 8.78 Å². The molecule has 0 aliphatic carbocycles. The first-order valence-electron chi connectivity index (χ1n) is 11.3. The molecule has 0 unspecified atom stereocenters. The molecule has 2 aromatic carbocycles. The van der Waals surface area contributed by atoms with Crippen molar-refractivity contribution >= 4 is 33.8 Å². The van der Waals surface area contributed by atoms with Gasteiger partial charge in [0.05, 0.1) is 28.8 Å². The Morgan fingerprint density at radius 3 is 2.69 bits per heavy atom. The van der Waals surface area contributed by atoms with Gasteiger partial charge in [-0.05, 0) is 49.2 Å². The van der Waals surface area contributed by atoms with E-state index in [0.29, 0.717) is 52.7 Å². The first-order valence-corrected chi connectivity index (χ1v) is 11.3. The first-order chi connectivity index (χ1) is 17.1. The van der Waals surface area contributed by atoms with Gasteiger partial charge in [-0.15, -0.1) is 0 Å². The molecule has 10 heteroatoms. The predicted octanol–water partition coefficient (Wildman–Crippen LogP) is 4.84. The molecule has 0 spiro atoms. The zero-order valence-corrected chi connectivity index (χ0v) is 18.4. The van der Waals surface area contributed by atoms with E-state index in [-0.39, 0.29) is 6.04 Å². The van der Waals surface area contributed by atoms with Crippen molar-refractivity contribution in [3.8, 4) is 11.4 Å². The quantitative estimate of drug-likeness (QED) is 0.400. The molecule has 7 rings (SSSR count). The van der Waals surface area contributed by atoms with Crippen molar-refractivity contribution in [2.45, 2.75) is 18.9 Å². The number of nitrogens with one attached hydrogen (secondary N) is 1. The SMILES string of the molecule is Fc1ccc(F)c([C@H]2CCCN2c2ccn3ncc(-c4nc5nc6ccccc6nc5[nH]4)c3n2)c1. The van der Waals surface area contributed by atoms with Crippen LogP contribution in [0.15, 0.2) is 60.9 Å². The van der Waals surface area contributed by atoms with Crippen molar-refractivity contribution in [1.82, 2.24) is 34.5 Å². The van der Waals surface area contributed by atoms with Gasteiger partial charge in [-0.2, -0.15) is 5.10 Å². The number of nitrogens with zero attached hydrogens (tertiary/aromatic N) is 7. The fourth-order valence-electron chi connectivity index (χ4n) is 4.85. The second-order valence-corrected chi connectivity index (χ2v) is 8.60. The average Bonchev–Trinajstić information content (AvgIpc) is 3.61. The summed E-state index contributed by atoms with van der Waals surface area (Å²) in [5, 5.41) is 4.42. The van der Waals surface area contributed by atoms with Crippen LogP contribution in [0.5, 0.6) is 0 Å². The number of benzene rings is 2. The third-order valence-electron chi connectivity index (χ3n) is 6.48. The molecule has 1 atom stereocenters. The molecule has 172 valence electrons. The fourth-order valence-corrected chi connectivity index (χ4v) is 4.85. The van der Waals surface area contributed by atoms with Crippen LogP contribution in [0.3, 0.4) is 0 Å². The van der Waals surface area contributed by atoms with Crippen molar-refractivity contribution in [2.24, 2.45) is 0 Å². The van der Waals surface area contributed by atoms with Gasteiger partial charge in [0, 0.05) is 18.3 Å². The van der Waals surface area contributed by atoms with Gasteiger partial charge in [-0.25, -0.2) is 33.2 Å². The lowest BCUT2D eigenvalue weighted by Crippen LogP contribution is -2.24. The highest BCUT2D eigenvalue weighted by Gasteiger charge is 2.30. The number of fused-ring (bicyclic) bond motifs is 3. The molecule has 6 aromatic rings. The summed E-state index contributed by atoms with van der Waals surface area (Å²) in [7, 11) is 0. The minimum absolute atomic E-state index is 0.293. The van der Waals surface area contributed by atoms with E-state index < -0.39 is 11.6 Å². The first kappa shape index (κ1) is 20.0. The van der Waals surface area contributed by atoms with Gasteiger partial charge in [0.15, 0.2) is 16.9 Å². The fraction of sp³-hybridized carbons (Fsp3) is 0.160. The number of halogens is 2. The Balaban J connectivity index is 1.32. The number of para-hydroxylation sites is 2. The van der Waals surface area contributed by atoms with Gasteiger partial charge in [0.25, 0.3) is 0 Å². The van der Waals surface area contributed by atoms with Crippen molar-refractivity contribution in [2.75, 3.05) is 11.4 Å². The van der Waals surface area contributed by atoms with Crippen molar-refractivity contribution in [3.05, 3.63) is 78.1 Å². The van der Waals surface area contributed by atoms with E-state index in [1.165, 1.54) is 12.1 Å². The van der Waals surface area contributed by atoms with E-state index in [4.69, 9.17) is 4.98 Å². The van der Waals surface area contributed by atoms with Crippen LogP contribution in [0.2, 0.25) is 0 Å². The summed E-state index contributed by atoms with van der Waals surface area (Å²) in [6.45, 7) is 0.693. The standard InChI is InChI=1S/C25H18F2N8/c26-14-7-8-17(27)15(12-14)20-6-3-10-34(20)21-9-11-35-25(31-21)16(13-28-35)22-32-23-24(33-22)30-19-5-2-1-4-18(19)29-23/h1-2,4-5,7-9,11-13,20H,3,6,10H2,(H,29,30,32,33)/t20-/m1/s1. The van der Waals surface area contributed by atoms with Crippen molar-refractivity contribution in [3.63, 3.8) is 0 Å². The van der Waals surface area contributed by atoms with Crippen LogP contribution < -0.4 is 4.90 Å². The smallest absolute Gasteiger partial charge is 0.198 e. The third-order valence-corrected chi connectivity index (χ3v) is 6.48. The molecule has 1 aliphatic heterocycles. The number of imidazole rings is 1. The maximum Gasteiger partial charge on any atom is 0.198 e. The van der Waals surface area contributed by atoms with Crippen molar-refractivity contribution in [1.29, 1.82) is 0 Å². The number of hydrogen-bond donors (Lipinski definition) is 1. The monoisotopic (exact) mass is 468 g/mol. The third kappa shape index (κ3) is 3.21. The molecule has 5 heterocycles. The highest BCUT2D eigenvalue weighted by Crippen LogP contribution is 2.37. The van der Waals surface area contributed by atoms with E-state index in [1.54, 1.807) is 10.7 Å². The normalized spacial score (nSPS) is 16.2. The Bertz CT molecular complexity index is 1690. The summed E-state index contributed by atoms with van der Waals surface area (Å²) in [5.41, 5.74) is 4.27. The molecular weight excluding hydrogens is 450 g/mol. The molecular formula is C25H18F2N8. The summed E-state index contributed by atoms with van der Waals surface area (Å²) in [5.74, 6) is 0.367. The molecule has 1 N–H and O–H groups in total. The van der Waals surface area contributed by atoms with Crippen LogP contribution >= 0.6 is 0 Å². The predicted molar refractivity (Wildman–Crippen MR) is 127 cm³/mol. The molecule has 1 aliphatic rings. The highest BCUT2D eigenvalue weighted by molar-refractivity contribution is 5.85. The molecule has 1 saturated heterocycles. The number of hydrogen-bond acceptors (Lipinski definition) is 6. The summed E-state index contributed by atoms with van der Waals surface area (Å²) in [6, 6.07) is 12.8. The van der Waals surface area contributed by atoms with Gasteiger partial charge < -0.3 is 9.88 Å². The largest absolute Gasteiger partial charge is 0.349 e. The summed E-state index contributed by atoms with van der Waals surface area (Å²) in [6.07, 6.45) is 5.07. The number of rotatable bonds is 3. The van der Waals surface area contributed by atoms with Crippen LogP contribution in [0, 0.1) is 11.6 Å². The molecule has 0 radical (unpaired) electrons. The molecule has 0 amide bonds. The lowest BCUT2D eigenvalue weighted by atomic mass is 10.0. The Kier molecular flexibility index (Phi) is 4.29. The minimum atomic E-state index is -0.450. The zero-order chi connectivity index (χ0) is 23.5. The number of aromatic amines is 1. The topological polar surface area (TPSA) is 87.9 Å². The molecule has 1 fully saturated rings. The Morgan fingerprint density at radius 2 is 1.80 bits per heavy atom. The second kappa shape index (κ2) is 7.52. The summed E-state index contributed by atoms with van der Waals surface area (Å²) in [4.78, 5) is 24.0. The van der Waals surface area contributed by atoms with Crippen LogP contribution in [-0.2, 0) is 0 Å². The van der Waals surface area contributed by atoms with Gasteiger partial charge in [0.1, 0.15) is 23.3 Å². The van der Waals surface area contributed by atoms with E-state index >= 15 is 0 Å². The minimum Gasteiger partial charge on any atom is -0.349 e.